The number of amides is 1. The molecular weight excluding hydrogens is 310 g/mol. The van der Waals surface area contributed by atoms with Crippen LogP contribution in [0.4, 0.5) is 0 Å². The second-order valence-electron chi connectivity index (χ2n) is 5.12. The number of carbonyl (C=O) groups excluding carboxylic acids is 1. The van der Waals surface area contributed by atoms with Gasteiger partial charge in [-0.05, 0) is 37.9 Å². The largest absolute Gasteiger partial charge is 0.356 e. The van der Waals surface area contributed by atoms with E-state index in [1.54, 1.807) is 12.1 Å². The van der Waals surface area contributed by atoms with Gasteiger partial charge in [-0.2, -0.15) is 0 Å². The number of rotatable bonds is 6. The molecule has 21 heavy (non-hydrogen) atoms. The van der Waals surface area contributed by atoms with Crippen molar-refractivity contribution >= 4 is 27.3 Å². The highest BCUT2D eigenvalue weighted by atomic mass is 32.2. The molecular formula is C13H21N3O3S2. The fourth-order valence-corrected chi connectivity index (χ4v) is 4.87. The van der Waals surface area contributed by atoms with Crippen LogP contribution in [0.25, 0.3) is 0 Å². The van der Waals surface area contributed by atoms with Gasteiger partial charge < -0.3 is 10.6 Å². The van der Waals surface area contributed by atoms with Crippen LogP contribution in [0.1, 0.15) is 24.6 Å². The third kappa shape index (κ3) is 5.06. The zero-order chi connectivity index (χ0) is 15.3. The lowest BCUT2D eigenvalue weighted by Gasteiger charge is -2.23. The van der Waals surface area contributed by atoms with E-state index in [1.807, 2.05) is 0 Å². The molecule has 1 aromatic rings. The zero-order valence-electron chi connectivity index (χ0n) is 12.0. The predicted molar refractivity (Wildman–Crippen MR) is 82.9 cm³/mol. The molecule has 2 rings (SSSR count). The maximum absolute atomic E-state index is 12.3. The van der Waals surface area contributed by atoms with Gasteiger partial charge in [0.25, 0.3) is 0 Å². The van der Waals surface area contributed by atoms with Gasteiger partial charge in [0.1, 0.15) is 4.21 Å². The van der Waals surface area contributed by atoms with E-state index in [9.17, 15) is 13.2 Å². The first-order valence-corrected chi connectivity index (χ1v) is 9.33. The molecule has 0 aliphatic carbocycles. The van der Waals surface area contributed by atoms with Crippen molar-refractivity contribution in [1.82, 2.24) is 15.4 Å². The Morgan fingerprint density at radius 1 is 1.48 bits per heavy atom. The van der Waals surface area contributed by atoms with E-state index in [0.717, 1.165) is 24.3 Å². The van der Waals surface area contributed by atoms with Crippen molar-refractivity contribution in [1.29, 1.82) is 0 Å². The molecule has 2 heterocycles. The number of hydrogen-bond acceptors (Lipinski definition) is 5. The lowest BCUT2D eigenvalue weighted by Crippen LogP contribution is -2.45. The molecule has 1 aliphatic rings. The molecule has 1 atom stereocenters. The van der Waals surface area contributed by atoms with Crippen molar-refractivity contribution in [2.75, 3.05) is 19.6 Å². The second kappa shape index (κ2) is 7.35. The highest BCUT2D eigenvalue weighted by Gasteiger charge is 2.23. The summed E-state index contributed by atoms with van der Waals surface area (Å²) >= 11 is 1.26. The standard InChI is InChI=1S/C13H21N3O3S2/c1-10(17)15-8-6-12-4-5-13(20-12)21(18,19)16-11-3-2-7-14-9-11/h4-5,11,14,16H,2-3,6-9H2,1H3,(H,15,17). The molecule has 0 aromatic carbocycles. The molecule has 8 heteroatoms. The van der Waals surface area contributed by atoms with Crippen molar-refractivity contribution < 1.29 is 13.2 Å². The highest BCUT2D eigenvalue weighted by Crippen LogP contribution is 2.22. The normalized spacial score (nSPS) is 19.4. The van der Waals surface area contributed by atoms with Crippen LogP contribution in [0.3, 0.4) is 0 Å². The molecule has 1 amide bonds. The van der Waals surface area contributed by atoms with Gasteiger partial charge in [-0.25, -0.2) is 13.1 Å². The number of sulfonamides is 1. The van der Waals surface area contributed by atoms with Gasteiger partial charge in [0, 0.05) is 30.9 Å². The maximum Gasteiger partial charge on any atom is 0.250 e. The van der Waals surface area contributed by atoms with Crippen LogP contribution in [0.15, 0.2) is 16.3 Å². The Balaban J connectivity index is 1.93. The van der Waals surface area contributed by atoms with E-state index in [2.05, 4.69) is 15.4 Å². The molecule has 1 unspecified atom stereocenters. The summed E-state index contributed by atoms with van der Waals surface area (Å²) in [5, 5.41) is 5.89. The second-order valence-corrected chi connectivity index (χ2v) is 8.23. The Hall–Kier alpha value is -0.960. The van der Waals surface area contributed by atoms with Crippen molar-refractivity contribution in [3.05, 3.63) is 17.0 Å². The number of piperidine rings is 1. The Bertz CT molecular complexity index is 577. The van der Waals surface area contributed by atoms with Gasteiger partial charge >= 0.3 is 0 Å². The van der Waals surface area contributed by atoms with Crippen molar-refractivity contribution in [2.45, 2.75) is 36.4 Å². The van der Waals surface area contributed by atoms with Gasteiger partial charge in [-0.3, -0.25) is 4.79 Å². The van der Waals surface area contributed by atoms with Crippen LogP contribution >= 0.6 is 11.3 Å². The van der Waals surface area contributed by atoms with Gasteiger partial charge in [0.05, 0.1) is 0 Å². The lowest BCUT2D eigenvalue weighted by molar-refractivity contribution is -0.118. The Labute approximate surface area is 129 Å². The van der Waals surface area contributed by atoms with E-state index in [1.165, 1.54) is 18.3 Å². The van der Waals surface area contributed by atoms with Crippen molar-refractivity contribution in [2.24, 2.45) is 0 Å². The molecule has 0 bridgehead atoms. The number of carbonyl (C=O) groups is 1. The number of hydrogen-bond donors (Lipinski definition) is 3. The topological polar surface area (TPSA) is 87.3 Å². The molecule has 3 N–H and O–H groups in total. The summed E-state index contributed by atoms with van der Waals surface area (Å²) < 4.78 is 27.7. The van der Waals surface area contributed by atoms with Crippen LogP contribution < -0.4 is 15.4 Å². The molecule has 1 aliphatic heterocycles. The van der Waals surface area contributed by atoms with Gasteiger partial charge in [-0.1, -0.05) is 0 Å². The molecule has 6 nitrogen and oxygen atoms in total. The Kier molecular flexibility index (Phi) is 5.74. The fraction of sp³-hybridized carbons (Fsp3) is 0.615. The molecule has 0 spiro atoms. The lowest BCUT2D eigenvalue weighted by atomic mass is 10.1. The van der Waals surface area contributed by atoms with E-state index in [0.29, 0.717) is 23.7 Å². The molecule has 1 fully saturated rings. The third-order valence-corrected chi connectivity index (χ3v) is 6.42. The quantitative estimate of drug-likeness (QED) is 0.707. The van der Waals surface area contributed by atoms with Crippen LogP contribution in [-0.4, -0.2) is 40.0 Å². The maximum atomic E-state index is 12.3. The summed E-state index contributed by atoms with van der Waals surface area (Å²) in [5.74, 6) is -0.0779. The average Bonchev–Trinajstić information content (AvgIpc) is 2.88. The molecule has 1 saturated heterocycles. The minimum absolute atomic E-state index is 0.0336. The van der Waals surface area contributed by atoms with Gasteiger partial charge in [0.15, 0.2) is 0 Å². The molecule has 0 radical (unpaired) electrons. The van der Waals surface area contributed by atoms with Crippen LogP contribution in [0.2, 0.25) is 0 Å². The van der Waals surface area contributed by atoms with Gasteiger partial charge in [-0.15, -0.1) is 11.3 Å². The summed E-state index contributed by atoms with van der Waals surface area (Å²) in [6, 6.07) is 3.40. The summed E-state index contributed by atoms with van der Waals surface area (Å²) in [4.78, 5) is 11.8. The zero-order valence-corrected chi connectivity index (χ0v) is 13.6. The van der Waals surface area contributed by atoms with Crippen molar-refractivity contribution in [3.63, 3.8) is 0 Å². The Morgan fingerprint density at radius 3 is 2.95 bits per heavy atom. The first kappa shape index (κ1) is 16.4. The van der Waals surface area contributed by atoms with Crippen LogP contribution in [0.5, 0.6) is 0 Å². The average molecular weight is 331 g/mol. The summed E-state index contributed by atoms with van der Waals surface area (Å²) in [6.45, 7) is 3.62. The molecule has 1 aromatic heterocycles. The fourth-order valence-electron chi connectivity index (χ4n) is 2.23. The first-order chi connectivity index (χ1) is 9.97. The summed E-state index contributed by atoms with van der Waals surface area (Å²) in [7, 11) is -3.44. The minimum atomic E-state index is -3.44. The Morgan fingerprint density at radius 2 is 2.29 bits per heavy atom. The molecule has 0 saturated carbocycles. The number of thiophene rings is 1. The van der Waals surface area contributed by atoms with E-state index in [4.69, 9.17) is 0 Å². The van der Waals surface area contributed by atoms with Crippen molar-refractivity contribution in [3.8, 4) is 0 Å². The minimum Gasteiger partial charge on any atom is -0.356 e. The monoisotopic (exact) mass is 331 g/mol. The summed E-state index contributed by atoms with van der Waals surface area (Å²) in [6.07, 6.45) is 2.50. The van der Waals surface area contributed by atoms with E-state index in [-0.39, 0.29) is 11.9 Å². The van der Waals surface area contributed by atoms with E-state index >= 15 is 0 Å². The predicted octanol–water partition coefficient (Wildman–Crippen LogP) is 0.457. The van der Waals surface area contributed by atoms with E-state index < -0.39 is 10.0 Å². The van der Waals surface area contributed by atoms with Gasteiger partial charge in [0.2, 0.25) is 15.9 Å². The SMILES string of the molecule is CC(=O)NCCc1ccc(S(=O)(=O)NC2CCCNC2)s1. The van der Waals surface area contributed by atoms with Crippen LogP contribution in [-0.2, 0) is 21.2 Å². The highest BCUT2D eigenvalue weighted by molar-refractivity contribution is 7.91. The third-order valence-electron chi connectivity index (χ3n) is 3.27. The smallest absolute Gasteiger partial charge is 0.250 e. The summed E-state index contributed by atoms with van der Waals surface area (Å²) in [5.41, 5.74) is 0. The first-order valence-electron chi connectivity index (χ1n) is 7.03. The molecule has 118 valence electrons. The van der Waals surface area contributed by atoms with Crippen LogP contribution in [0, 0.1) is 0 Å². The number of nitrogens with one attached hydrogen (secondary N) is 3.